The van der Waals surface area contributed by atoms with E-state index in [0.717, 1.165) is 6.07 Å². The number of nitrogens with zero attached hydrogens (tertiary/aromatic N) is 5. The average molecular weight is 531 g/mol. The van der Waals surface area contributed by atoms with Crippen molar-refractivity contribution in [3.05, 3.63) is 53.6 Å². The highest BCUT2D eigenvalue weighted by atomic mass is 35.5. The number of phenols is 1. The number of halogens is 3. The van der Waals surface area contributed by atoms with E-state index in [4.69, 9.17) is 22.3 Å². The first-order valence-electron chi connectivity index (χ1n) is 12.1. The maximum absolute atomic E-state index is 16.2. The Balaban J connectivity index is 1.70. The van der Waals surface area contributed by atoms with E-state index in [-0.39, 0.29) is 39.8 Å². The van der Waals surface area contributed by atoms with Gasteiger partial charge in [-0.05, 0) is 38.1 Å². The first-order chi connectivity index (χ1) is 17.6. The van der Waals surface area contributed by atoms with Crippen LogP contribution in [0.1, 0.15) is 13.8 Å². The lowest BCUT2D eigenvalue weighted by molar-refractivity contribution is 0.0000614. The Hall–Kier alpha value is -3.05. The molecule has 2 aliphatic heterocycles. The molecule has 2 saturated heterocycles. The zero-order valence-corrected chi connectivity index (χ0v) is 21.3. The van der Waals surface area contributed by atoms with Crippen molar-refractivity contribution in [2.24, 2.45) is 5.73 Å². The standard InChI is InChI=1S/C26H29ClF2N6O2/c1-4-20(37)34-9-14(3)35(10-13(34)2)25-16-8-17(27)21(22-18(28)6-5-7-19(22)36)23(29)24(16)31-26(32-25)33-11-15(30)12-33/h4-8,13-15,20,36-37H,1,9-12,30H2,2-3H3/t13-,14+,20?/m1/s1. The minimum atomic E-state index is -0.848. The summed E-state index contributed by atoms with van der Waals surface area (Å²) in [6, 6.07) is 5.05. The number of hydrogen-bond donors (Lipinski definition) is 3. The summed E-state index contributed by atoms with van der Waals surface area (Å²) < 4.78 is 30.9. The summed E-state index contributed by atoms with van der Waals surface area (Å²) >= 11 is 6.54. The highest BCUT2D eigenvalue weighted by molar-refractivity contribution is 6.34. The van der Waals surface area contributed by atoms with Crippen LogP contribution in [-0.4, -0.2) is 75.6 Å². The van der Waals surface area contributed by atoms with Crippen LogP contribution in [0.4, 0.5) is 20.5 Å². The Morgan fingerprint density at radius 1 is 1.14 bits per heavy atom. The fourth-order valence-electron chi connectivity index (χ4n) is 5.15. The van der Waals surface area contributed by atoms with E-state index in [9.17, 15) is 14.6 Å². The Morgan fingerprint density at radius 3 is 2.51 bits per heavy atom. The molecule has 8 nitrogen and oxygen atoms in total. The van der Waals surface area contributed by atoms with Gasteiger partial charge in [0.05, 0.1) is 10.6 Å². The van der Waals surface area contributed by atoms with E-state index in [2.05, 4.69) is 11.6 Å². The van der Waals surface area contributed by atoms with Gasteiger partial charge in [0.15, 0.2) is 5.82 Å². The molecule has 1 aromatic heterocycles. The fraction of sp³-hybridized carbons (Fsp3) is 0.385. The molecule has 2 fully saturated rings. The largest absolute Gasteiger partial charge is 0.507 e. The monoisotopic (exact) mass is 530 g/mol. The van der Waals surface area contributed by atoms with Gasteiger partial charge in [-0.25, -0.2) is 13.8 Å². The summed E-state index contributed by atoms with van der Waals surface area (Å²) in [4.78, 5) is 15.1. The maximum atomic E-state index is 16.2. The Bertz CT molecular complexity index is 1350. The zero-order valence-electron chi connectivity index (χ0n) is 20.6. The van der Waals surface area contributed by atoms with Crippen LogP contribution in [0, 0.1) is 11.6 Å². The summed E-state index contributed by atoms with van der Waals surface area (Å²) in [5.74, 6) is -1.29. The second-order valence-electron chi connectivity index (χ2n) is 9.79. The number of benzene rings is 2. The van der Waals surface area contributed by atoms with E-state index in [1.807, 2.05) is 28.5 Å². The van der Waals surface area contributed by atoms with Crippen LogP contribution < -0.4 is 15.5 Å². The van der Waals surface area contributed by atoms with Crippen molar-refractivity contribution < 1.29 is 19.0 Å². The van der Waals surface area contributed by atoms with Crippen molar-refractivity contribution in [2.45, 2.75) is 38.2 Å². The molecule has 5 rings (SSSR count). The summed E-state index contributed by atoms with van der Waals surface area (Å²) in [6.07, 6.45) is 0.696. The quantitative estimate of drug-likeness (QED) is 0.431. The number of rotatable bonds is 5. The first kappa shape index (κ1) is 25.6. The third kappa shape index (κ3) is 4.37. The van der Waals surface area contributed by atoms with Gasteiger partial charge in [-0.2, -0.15) is 4.98 Å². The van der Waals surface area contributed by atoms with E-state index in [1.165, 1.54) is 24.3 Å². The number of phenolic OH excluding ortho intramolecular Hbond substituents is 1. The molecular formula is C26H29ClF2N6O2. The number of hydrogen-bond acceptors (Lipinski definition) is 8. The molecule has 3 aromatic rings. The van der Waals surface area contributed by atoms with Gasteiger partial charge in [-0.1, -0.05) is 24.2 Å². The van der Waals surface area contributed by atoms with Crippen molar-refractivity contribution in [2.75, 3.05) is 36.0 Å². The topological polar surface area (TPSA) is 102 Å². The normalized spacial score (nSPS) is 21.8. The number of aliphatic hydroxyl groups is 1. The van der Waals surface area contributed by atoms with Crippen LogP contribution in [0.15, 0.2) is 36.9 Å². The molecule has 196 valence electrons. The van der Waals surface area contributed by atoms with Gasteiger partial charge in [-0.3, -0.25) is 4.90 Å². The lowest BCUT2D eigenvalue weighted by Gasteiger charge is -2.46. The van der Waals surface area contributed by atoms with Gasteiger partial charge in [-0.15, -0.1) is 0 Å². The molecule has 37 heavy (non-hydrogen) atoms. The molecule has 0 saturated carbocycles. The maximum Gasteiger partial charge on any atom is 0.228 e. The van der Waals surface area contributed by atoms with Crippen LogP contribution in [0.2, 0.25) is 5.02 Å². The van der Waals surface area contributed by atoms with Crippen molar-refractivity contribution in [3.63, 3.8) is 0 Å². The molecule has 0 amide bonds. The van der Waals surface area contributed by atoms with E-state index in [0.29, 0.717) is 43.3 Å². The van der Waals surface area contributed by atoms with Gasteiger partial charge in [0.2, 0.25) is 5.95 Å². The highest BCUT2D eigenvalue weighted by Gasteiger charge is 2.35. The molecule has 0 aliphatic carbocycles. The molecule has 0 radical (unpaired) electrons. The van der Waals surface area contributed by atoms with E-state index >= 15 is 4.39 Å². The lowest BCUT2D eigenvalue weighted by Crippen LogP contribution is -2.59. The SMILES string of the molecule is C=CC(O)N1C[C@H](C)N(c2nc(N3CC(N)C3)nc3c(F)c(-c4c(O)cccc4F)c(Cl)cc23)C[C@H]1C. The van der Waals surface area contributed by atoms with Crippen molar-refractivity contribution >= 4 is 34.3 Å². The van der Waals surface area contributed by atoms with Crippen LogP contribution in [0.5, 0.6) is 5.75 Å². The molecule has 4 N–H and O–H groups in total. The minimum Gasteiger partial charge on any atom is -0.507 e. The van der Waals surface area contributed by atoms with Crippen LogP contribution in [-0.2, 0) is 0 Å². The Labute approximate surface area is 218 Å². The first-order valence-corrected chi connectivity index (χ1v) is 12.5. The Kier molecular flexibility index (Phi) is 6.70. The number of nitrogens with two attached hydrogens (primary N) is 1. The van der Waals surface area contributed by atoms with Crippen LogP contribution in [0.25, 0.3) is 22.0 Å². The second-order valence-corrected chi connectivity index (χ2v) is 10.2. The predicted octanol–water partition coefficient (Wildman–Crippen LogP) is 3.48. The molecule has 0 bridgehead atoms. The molecule has 0 spiro atoms. The average Bonchev–Trinajstić information content (AvgIpc) is 2.84. The van der Waals surface area contributed by atoms with Gasteiger partial charge in [0.1, 0.15) is 29.1 Å². The molecule has 2 aliphatic rings. The number of aromatic nitrogens is 2. The second kappa shape index (κ2) is 9.68. The summed E-state index contributed by atoms with van der Waals surface area (Å²) in [5.41, 5.74) is 5.35. The van der Waals surface area contributed by atoms with E-state index < -0.39 is 23.6 Å². The van der Waals surface area contributed by atoms with Gasteiger partial charge in [0.25, 0.3) is 0 Å². The van der Waals surface area contributed by atoms with Crippen molar-refractivity contribution in [1.29, 1.82) is 0 Å². The summed E-state index contributed by atoms with van der Waals surface area (Å²) in [6.45, 7) is 9.71. The van der Waals surface area contributed by atoms with Crippen LogP contribution >= 0.6 is 11.6 Å². The smallest absolute Gasteiger partial charge is 0.228 e. The molecule has 11 heteroatoms. The zero-order chi connectivity index (χ0) is 26.6. The van der Waals surface area contributed by atoms with Crippen LogP contribution in [0.3, 0.4) is 0 Å². The third-order valence-electron chi connectivity index (χ3n) is 7.14. The highest BCUT2D eigenvalue weighted by Crippen LogP contribution is 2.43. The molecule has 1 unspecified atom stereocenters. The summed E-state index contributed by atoms with van der Waals surface area (Å²) in [5, 5.41) is 21.0. The predicted molar refractivity (Wildman–Crippen MR) is 141 cm³/mol. The third-order valence-corrected chi connectivity index (χ3v) is 7.44. The van der Waals surface area contributed by atoms with Gasteiger partial charge in [0, 0.05) is 55.3 Å². The molecule has 2 aromatic carbocycles. The Morgan fingerprint density at radius 2 is 1.86 bits per heavy atom. The molecule has 3 heterocycles. The lowest BCUT2D eigenvalue weighted by atomic mass is 10.00. The number of fused-ring (bicyclic) bond motifs is 1. The number of anilines is 2. The number of piperazine rings is 1. The number of aliphatic hydroxyl groups excluding tert-OH is 1. The van der Waals surface area contributed by atoms with E-state index in [1.54, 1.807) is 0 Å². The summed E-state index contributed by atoms with van der Waals surface area (Å²) in [7, 11) is 0. The minimum absolute atomic E-state index is 0.0315. The van der Waals surface area contributed by atoms with Gasteiger partial charge >= 0.3 is 0 Å². The number of aromatic hydroxyl groups is 1. The van der Waals surface area contributed by atoms with Gasteiger partial charge < -0.3 is 25.7 Å². The molecular weight excluding hydrogens is 502 g/mol. The molecule has 3 atom stereocenters. The van der Waals surface area contributed by atoms with Crippen molar-refractivity contribution in [1.82, 2.24) is 14.9 Å². The van der Waals surface area contributed by atoms with Crippen molar-refractivity contribution in [3.8, 4) is 16.9 Å². The fourth-order valence-corrected chi connectivity index (χ4v) is 5.43.